The first kappa shape index (κ1) is 17.4. The Kier molecular flexibility index (Phi) is 5.14. The van der Waals surface area contributed by atoms with E-state index < -0.39 is 17.9 Å². The molecule has 1 heterocycles. The van der Waals surface area contributed by atoms with Gasteiger partial charge < -0.3 is 4.74 Å². The lowest BCUT2D eigenvalue weighted by Crippen LogP contribution is -2.47. The van der Waals surface area contributed by atoms with Gasteiger partial charge in [0.2, 0.25) is 0 Å². The third-order valence-electron chi connectivity index (χ3n) is 4.23. The van der Waals surface area contributed by atoms with Crippen LogP contribution in [0.4, 0.5) is 5.69 Å². The maximum atomic E-state index is 13.2. The number of carbonyl (C=O) groups is 2. The molecule has 0 radical (unpaired) electrons. The molecule has 2 atom stereocenters. The molecule has 2 aromatic carbocycles. The van der Waals surface area contributed by atoms with Crippen molar-refractivity contribution >= 4 is 23.6 Å². The van der Waals surface area contributed by atoms with E-state index in [9.17, 15) is 14.9 Å². The quantitative estimate of drug-likeness (QED) is 0.795. The summed E-state index contributed by atoms with van der Waals surface area (Å²) in [5.41, 5.74) is 2.01. The van der Waals surface area contributed by atoms with Crippen LogP contribution in [-0.2, 0) is 9.53 Å². The van der Waals surface area contributed by atoms with E-state index in [2.05, 4.69) is 0 Å². The Bertz CT molecular complexity index is 884. The summed E-state index contributed by atoms with van der Waals surface area (Å²) < 4.78 is 5.04. The highest BCUT2D eigenvalue weighted by Gasteiger charge is 2.38. The van der Waals surface area contributed by atoms with Crippen molar-refractivity contribution in [1.82, 2.24) is 0 Å². The molecular weight excluding hydrogens is 328 g/mol. The van der Waals surface area contributed by atoms with E-state index in [4.69, 9.17) is 4.74 Å². The summed E-state index contributed by atoms with van der Waals surface area (Å²) in [6.45, 7) is 1.86. The van der Waals surface area contributed by atoms with E-state index in [1.807, 2.05) is 42.5 Å². The summed E-state index contributed by atoms with van der Waals surface area (Å²) in [4.78, 5) is 27.0. The molecule has 1 aliphatic heterocycles. The number of hydrogen-bond acceptors (Lipinski definition) is 4. The number of fused-ring (bicyclic) bond motifs is 1. The molecule has 130 valence electrons. The number of esters is 1. The lowest BCUT2D eigenvalue weighted by atomic mass is 9.92. The predicted octanol–water partition coefficient (Wildman–Crippen LogP) is 3.43. The number of rotatable bonds is 4. The normalized spacial score (nSPS) is 16.3. The van der Waals surface area contributed by atoms with E-state index in [0.29, 0.717) is 11.3 Å². The van der Waals surface area contributed by atoms with Crippen LogP contribution in [-0.4, -0.2) is 24.5 Å². The Morgan fingerprint density at radius 2 is 1.85 bits per heavy atom. The topological polar surface area (TPSA) is 70.4 Å². The van der Waals surface area contributed by atoms with Crippen molar-refractivity contribution in [2.75, 3.05) is 11.5 Å². The van der Waals surface area contributed by atoms with Crippen molar-refractivity contribution in [1.29, 1.82) is 5.26 Å². The molecule has 0 N–H and O–H groups in total. The van der Waals surface area contributed by atoms with Crippen LogP contribution in [0.1, 0.15) is 22.8 Å². The van der Waals surface area contributed by atoms with Crippen molar-refractivity contribution in [2.45, 2.75) is 13.0 Å². The van der Waals surface area contributed by atoms with Crippen molar-refractivity contribution in [2.24, 2.45) is 5.92 Å². The maximum Gasteiger partial charge on any atom is 0.325 e. The average Bonchev–Trinajstić information content (AvgIpc) is 2.68. The largest absolute Gasteiger partial charge is 0.465 e. The number of nitrogens with zero attached hydrogens (tertiary/aromatic N) is 2. The highest BCUT2D eigenvalue weighted by atomic mass is 16.5. The Morgan fingerprint density at radius 3 is 2.54 bits per heavy atom. The Morgan fingerprint density at radius 1 is 1.15 bits per heavy atom. The first-order valence-electron chi connectivity index (χ1n) is 8.39. The number of carbonyl (C=O) groups excluding carboxylic acids is 2. The number of amides is 1. The minimum atomic E-state index is -1.10. The van der Waals surface area contributed by atoms with Gasteiger partial charge in [0.1, 0.15) is 0 Å². The van der Waals surface area contributed by atoms with Gasteiger partial charge in [-0.2, -0.15) is 5.26 Å². The van der Waals surface area contributed by atoms with E-state index in [1.165, 1.54) is 4.90 Å². The van der Waals surface area contributed by atoms with Gasteiger partial charge in [-0.1, -0.05) is 48.6 Å². The Labute approximate surface area is 152 Å². The molecule has 0 aromatic heterocycles. The van der Waals surface area contributed by atoms with Crippen LogP contribution in [0.2, 0.25) is 0 Å². The van der Waals surface area contributed by atoms with E-state index >= 15 is 0 Å². The number of nitriles is 1. The van der Waals surface area contributed by atoms with Crippen LogP contribution in [0.25, 0.3) is 6.08 Å². The SMILES string of the molecule is CCOC(=O)C(C#N)C1C=Cc2ccccc2N1C(=O)c1ccccc1. The maximum absolute atomic E-state index is 13.2. The fourth-order valence-corrected chi connectivity index (χ4v) is 3.02. The Balaban J connectivity index is 2.07. The second-order valence-corrected chi connectivity index (χ2v) is 5.81. The molecule has 0 saturated carbocycles. The van der Waals surface area contributed by atoms with E-state index in [-0.39, 0.29) is 12.5 Å². The molecule has 5 nitrogen and oxygen atoms in total. The van der Waals surface area contributed by atoms with Gasteiger partial charge in [0.15, 0.2) is 5.92 Å². The number of ether oxygens (including phenoxy) is 1. The first-order valence-corrected chi connectivity index (χ1v) is 8.39. The summed E-state index contributed by atoms with van der Waals surface area (Å²) in [7, 11) is 0. The molecule has 0 aliphatic carbocycles. The van der Waals surface area contributed by atoms with Gasteiger partial charge in [0.25, 0.3) is 5.91 Å². The lowest BCUT2D eigenvalue weighted by Gasteiger charge is -2.35. The molecule has 26 heavy (non-hydrogen) atoms. The standard InChI is InChI=1S/C21H18N2O3/c1-2-26-21(25)17(14-22)19-13-12-15-8-6-7-11-18(15)23(19)20(24)16-9-4-3-5-10-16/h3-13,17,19H,2H2,1H3. The van der Waals surface area contributed by atoms with E-state index in [0.717, 1.165) is 5.56 Å². The highest BCUT2D eigenvalue weighted by Crippen LogP contribution is 2.33. The molecule has 1 aliphatic rings. The zero-order chi connectivity index (χ0) is 18.5. The molecule has 0 spiro atoms. The van der Waals surface area contributed by atoms with Crippen molar-refractivity contribution < 1.29 is 14.3 Å². The number of anilines is 1. The molecule has 3 rings (SSSR count). The van der Waals surface area contributed by atoms with Crippen LogP contribution in [0.5, 0.6) is 0 Å². The molecule has 1 amide bonds. The number of para-hydroxylation sites is 1. The molecule has 0 saturated heterocycles. The summed E-state index contributed by atoms with van der Waals surface area (Å²) >= 11 is 0. The third-order valence-corrected chi connectivity index (χ3v) is 4.23. The number of benzene rings is 2. The highest BCUT2D eigenvalue weighted by molar-refractivity contribution is 6.09. The fraction of sp³-hybridized carbons (Fsp3) is 0.190. The zero-order valence-corrected chi connectivity index (χ0v) is 14.3. The zero-order valence-electron chi connectivity index (χ0n) is 14.3. The van der Waals surface area contributed by atoms with Crippen LogP contribution < -0.4 is 4.90 Å². The summed E-state index contributed by atoms with van der Waals surface area (Å²) in [5, 5.41) is 9.57. The van der Waals surface area contributed by atoms with Crippen LogP contribution >= 0.6 is 0 Å². The van der Waals surface area contributed by atoms with Gasteiger partial charge >= 0.3 is 5.97 Å². The van der Waals surface area contributed by atoms with Crippen molar-refractivity contribution in [3.8, 4) is 6.07 Å². The van der Waals surface area contributed by atoms with Gasteiger partial charge in [0, 0.05) is 5.56 Å². The average molecular weight is 346 g/mol. The van der Waals surface area contributed by atoms with Crippen molar-refractivity contribution in [3.05, 3.63) is 71.8 Å². The Hall–Kier alpha value is -3.39. The van der Waals surface area contributed by atoms with Crippen LogP contribution in [0, 0.1) is 17.2 Å². The third kappa shape index (κ3) is 3.22. The predicted molar refractivity (Wildman–Crippen MR) is 98.3 cm³/mol. The number of hydrogen-bond donors (Lipinski definition) is 0. The second-order valence-electron chi connectivity index (χ2n) is 5.81. The second kappa shape index (κ2) is 7.66. The van der Waals surface area contributed by atoms with Gasteiger partial charge in [-0.25, -0.2) is 0 Å². The van der Waals surface area contributed by atoms with E-state index in [1.54, 1.807) is 37.3 Å². The van der Waals surface area contributed by atoms with Crippen LogP contribution in [0.3, 0.4) is 0 Å². The molecule has 2 aromatic rings. The summed E-state index contributed by atoms with van der Waals surface area (Å²) in [6, 6.07) is 17.5. The summed E-state index contributed by atoms with van der Waals surface area (Å²) in [6.07, 6.45) is 3.55. The van der Waals surface area contributed by atoms with Gasteiger partial charge in [-0.3, -0.25) is 14.5 Å². The summed E-state index contributed by atoms with van der Waals surface area (Å²) in [5.74, 6) is -2.00. The van der Waals surface area contributed by atoms with Gasteiger partial charge in [-0.15, -0.1) is 0 Å². The molecule has 5 heteroatoms. The van der Waals surface area contributed by atoms with Crippen molar-refractivity contribution in [3.63, 3.8) is 0 Å². The minimum Gasteiger partial charge on any atom is -0.465 e. The van der Waals surface area contributed by atoms with Gasteiger partial charge in [0.05, 0.1) is 24.4 Å². The fourth-order valence-electron chi connectivity index (χ4n) is 3.02. The lowest BCUT2D eigenvalue weighted by molar-refractivity contribution is -0.146. The minimum absolute atomic E-state index is 0.177. The first-order chi connectivity index (χ1) is 12.7. The van der Waals surface area contributed by atoms with Gasteiger partial charge in [-0.05, 0) is 30.7 Å². The monoisotopic (exact) mass is 346 g/mol. The molecular formula is C21H18N2O3. The molecule has 0 fully saturated rings. The van der Waals surface area contributed by atoms with Crippen LogP contribution in [0.15, 0.2) is 60.7 Å². The molecule has 2 unspecified atom stereocenters. The smallest absolute Gasteiger partial charge is 0.325 e. The molecule has 0 bridgehead atoms.